The number of carbonyl (C=O) groups excluding carboxylic acids is 1. The number of thiazole rings is 1. The number of aromatic nitrogens is 1. The molecule has 1 amide bonds. The molecule has 3 heterocycles. The van der Waals surface area contributed by atoms with Gasteiger partial charge in [0.1, 0.15) is 17.3 Å². The number of anilines is 1. The predicted octanol–water partition coefficient (Wildman–Crippen LogP) is 5.54. The number of nitrogens with zero attached hydrogens (tertiary/aromatic N) is 2. The summed E-state index contributed by atoms with van der Waals surface area (Å²) < 4.78 is 13.6. The number of hydrogen-bond acceptors (Lipinski definition) is 7. The van der Waals surface area contributed by atoms with Crippen LogP contribution in [-0.2, 0) is 4.79 Å². The van der Waals surface area contributed by atoms with Crippen LogP contribution in [0.3, 0.4) is 0 Å². The van der Waals surface area contributed by atoms with Gasteiger partial charge in [-0.15, -0.1) is 0 Å². The fraction of sp³-hybridized carbons (Fsp3) is 0.143. The van der Waals surface area contributed by atoms with Crippen molar-refractivity contribution in [2.24, 2.45) is 4.99 Å². The van der Waals surface area contributed by atoms with E-state index in [1.807, 2.05) is 56.3 Å². The standard InChI is InChI=1S/C35H29N3O6S/c1-4-43-25-13-10-22(11-14-25)31-30(32(39)37-24-8-6-5-7-9-24)21(3)36-35-38(31)33(40)29(45-35)19-26-15-17-28(44-26)27-16-12-23(34(41)42)18-20(27)2/h5-19,31H,4H2,1-3H3,(H,37,39)(H,41,42)/b29-19-/t31-/m0/s1. The van der Waals surface area contributed by atoms with E-state index in [0.29, 0.717) is 50.2 Å². The fourth-order valence-corrected chi connectivity index (χ4v) is 6.36. The molecular formula is C35H29N3O6S. The predicted molar refractivity (Wildman–Crippen MR) is 172 cm³/mol. The second kappa shape index (κ2) is 12.3. The highest BCUT2D eigenvalue weighted by Gasteiger charge is 2.32. The van der Waals surface area contributed by atoms with E-state index in [1.165, 1.54) is 17.4 Å². The van der Waals surface area contributed by atoms with Crippen molar-refractivity contribution in [2.75, 3.05) is 11.9 Å². The number of ether oxygens (including phenoxy) is 1. The molecule has 0 saturated heterocycles. The van der Waals surface area contributed by atoms with Gasteiger partial charge >= 0.3 is 5.97 Å². The molecule has 2 N–H and O–H groups in total. The second-order valence-electron chi connectivity index (χ2n) is 10.4. The van der Waals surface area contributed by atoms with E-state index in [1.54, 1.807) is 54.0 Å². The van der Waals surface area contributed by atoms with Crippen molar-refractivity contribution in [1.29, 1.82) is 0 Å². The minimum atomic E-state index is -1.00. The molecule has 2 aromatic heterocycles. The van der Waals surface area contributed by atoms with Gasteiger partial charge in [0.2, 0.25) is 0 Å². The molecule has 0 bridgehead atoms. The van der Waals surface area contributed by atoms with Gasteiger partial charge in [-0.1, -0.05) is 47.7 Å². The number of benzene rings is 3. The van der Waals surface area contributed by atoms with E-state index in [4.69, 9.17) is 14.1 Å². The lowest BCUT2D eigenvalue weighted by Gasteiger charge is -2.25. The Labute approximate surface area is 262 Å². The lowest BCUT2D eigenvalue weighted by Crippen LogP contribution is -2.40. The van der Waals surface area contributed by atoms with Gasteiger partial charge in [0, 0.05) is 17.3 Å². The van der Waals surface area contributed by atoms with Crippen molar-refractivity contribution in [1.82, 2.24) is 4.57 Å². The first-order valence-corrected chi connectivity index (χ1v) is 15.1. The van der Waals surface area contributed by atoms with Gasteiger partial charge in [-0.05, 0) is 80.4 Å². The van der Waals surface area contributed by atoms with E-state index < -0.39 is 12.0 Å². The number of aryl methyl sites for hydroxylation is 1. The number of rotatable bonds is 8. The Morgan fingerprint density at radius 2 is 1.80 bits per heavy atom. The Morgan fingerprint density at radius 1 is 1.04 bits per heavy atom. The minimum Gasteiger partial charge on any atom is -0.494 e. The Balaban J connectivity index is 1.42. The molecule has 9 nitrogen and oxygen atoms in total. The molecule has 0 spiro atoms. The highest BCUT2D eigenvalue weighted by atomic mass is 32.1. The first kappa shape index (κ1) is 29.6. The normalized spacial score (nSPS) is 14.6. The number of carbonyl (C=O) groups is 2. The number of fused-ring (bicyclic) bond motifs is 1. The molecule has 0 unspecified atom stereocenters. The van der Waals surface area contributed by atoms with Crippen molar-refractivity contribution in [2.45, 2.75) is 26.8 Å². The van der Waals surface area contributed by atoms with Crippen molar-refractivity contribution in [3.63, 3.8) is 0 Å². The summed E-state index contributed by atoms with van der Waals surface area (Å²) in [6, 6.07) is 24.1. The number of aromatic carboxylic acids is 1. The van der Waals surface area contributed by atoms with Crippen molar-refractivity contribution >= 4 is 35.0 Å². The summed E-state index contributed by atoms with van der Waals surface area (Å²) in [6.45, 7) is 6.01. The molecule has 1 aliphatic heterocycles. The molecule has 0 fully saturated rings. The molecule has 1 aliphatic rings. The number of carboxylic acids is 1. The summed E-state index contributed by atoms with van der Waals surface area (Å²) in [5.74, 6) is 0.333. The van der Waals surface area contributed by atoms with E-state index in [9.17, 15) is 19.5 Å². The van der Waals surface area contributed by atoms with Crippen LogP contribution in [0.4, 0.5) is 5.69 Å². The van der Waals surface area contributed by atoms with E-state index in [2.05, 4.69) is 5.32 Å². The van der Waals surface area contributed by atoms with Crippen molar-refractivity contribution < 1.29 is 23.8 Å². The largest absolute Gasteiger partial charge is 0.494 e. The number of furan rings is 1. The van der Waals surface area contributed by atoms with E-state index >= 15 is 0 Å². The summed E-state index contributed by atoms with van der Waals surface area (Å²) in [5.41, 5.74) is 3.63. The molecule has 3 aromatic carbocycles. The van der Waals surface area contributed by atoms with Gasteiger partial charge in [0.25, 0.3) is 11.5 Å². The average molecular weight is 620 g/mol. The van der Waals surface area contributed by atoms with Crippen molar-refractivity contribution in [3.8, 4) is 17.1 Å². The highest BCUT2D eigenvalue weighted by Crippen LogP contribution is 2.32. The summed E-state index contributed by atoms with van der Waals surface area (Å²) in [7, 11) is 0. The number of amides is 1. The summed E-state index contributed by atoms with van der Waals surface area (Å²) in [4.78, 5) is 44.3. The van der Waals surface area contributed by atoms with Crippen LogP contribution in [0.1, 0.15) is 47.1 Å². The van der Waals surface area contributed by atoms with E-state index in [0.717, 1.165) is 16.7 Å². The fourth-order valence-electron chi connectivity index (χ4n) is 5.34. The third-order valence-electron chi connectivity index (χ3n) is 7.44. The maximum absolute atomic E-state index is 14.0. The van der Waals surface area contributed by atoms with Crippen molar-refractivity contribution in [3.05, 3.63) is 138 Å². The zero-order chi connectivity index (χ0) is 31.7. The first-order valence-electron chi connectivity index (χ1n) is 14.3. The summed E-state index contributed by atoms with van der Waals surface area (Å²) >= 11 is 1.21. The molecule has 226 valence electrons. The van der Waals surface area contributed by atoms with Crippen LogP contribution >= 0.6 is 11.3 Å². The number of carboxylic acid groups (broad SMARTS) is 1. The molecule has 0 saturated carbocycles. The Bertz CT molecular complexity index is 2140. The van der Waals surface area contributed by atoms with Crippen LogP contribution < -0.4 is 24.9 Å². The molecule has 5 aromatic rings. The van der Waals surface area contributed by atoms with Crippen LogP contribution in [0.15, 0.2) is 110 Å². The maximum atomic E-state index is 14.0. The number of hydrogen-bond donors (Lipinski definition) is 2. The maximum Gasteiger partial charge on any atom is 0.335 e. The van der Waals surface area contributed by atoms with Gasteiger partial charge in [0.15, 0.2) is 4.80 Å². The lowest BCUT2D eigenvalue weighted by molar-refractivity contribution is -0.113. The highest BCUT2D eigenvalue weighted by molar-refractivity contribution is 7.07. The average Bonchev–Trinajstić information content (AvgIpc) is 3.61. The molecule has 45 heavy (non-hydrogen) atoms. The quantitative estimate of drug-likeness (QED) is 0.235. The monoisotopic (exact) mass is 619 g/mol. The second-order valence-corrected chi connectivity index (χ2v) is 11.4. The molecular weight excluding hydrogens is 590 g/mol. The Kier molecular flexibility index (Phi) is 8.06. The van der Waals surface area contributed by atoms with Crippen LogP contribution in [0.2, 0.25) is 0 Å². The number of para-hydroxylation sites is 1. The molecule has 6 rings (SSSR count). The number of nitrogens with one attached hydrogen (secondary N) is 1. The number of allylic oxidation sites excluding steroid dienone is 1. The smallest absolute Gasteiger partial charge is 0.335 e. The van der Waals surface area contributed by atoms with Gasteiger partial charge in [-0.3, -0.25) is 14.2 Å². The molecule has 0 radical (unpaired) electrons. The topological polar surface area (TPSA) is 123 Å². The van der Waals surface area contributed by atoms with E-state index in [-0.39, 0.29) is 17.0 Å². The SMILES string of the molecule is CCOc1ccc([C@H]2C(C(=O)Nc3ccccc3)=C(C)N=c3s/c(=C\c4ccc(-c5ccc(C(=O)O)cc5C)o4)c(=O)n32)cc1. The zero-order valence-electron chi connectivity index (χ0n) is 24.7. The van der Waals surface area contributed by atoms with Crippen LogP contribution in [0.5, 0.6) is 5.75 Å². The van der Waals surface area contributed by atoms with Gasteiger partial charge in [0.05, 0.1) is 34.0 Å². The van der Waals surface area contributed by atoms with Gasteiger partial charge in [-0.2, -0.15) is 0 Å². The Morgan fingerprint density at radius 3 is 2.49 bits per heavy atom. The summed E-state index contributed by atoms with van der Waals surface area (Å²) in [6.07, 6.45) is 1.66. The molecule has 1 atom stereocenters. The van der Waals surface area contributed by atoms with Gasteiger partial charge in [-0.25, -0.2) is 9.79 Å². The minimum absolute atomic E-state index is 0.193. The zero-order valence-corrected chi connectivity index (χ0v) is 25.6. The Hall–Kier alpha value is -5.48. The van der Waals surface area contributed by atoms with Crippen LogP contribution in [0.25, 0.3) is 17.4 Å². The molecule has 10 heteroatoms. The molecule has 0 aliphatic carbocycles. The third-order valence-corrected chi connectivity index (χ3v) is 8.43. The van der Waals surface area contributed by atoms with Crippen LogP contribution in [0, 0.1) is 6.92 Å². The first-order chi connectivity index (χ1) is 21.7. The summed E-state index contributed by atoms with van der Waals surface area (Å²) in [5, 5.41) is 12.2. The lowest BCUT2D eigenvalue weighted by atomic mass is 9.95. The third kappa shape index (κ3) is 5.87. The van der Waals surface area contributed by atoms with Crippen LogP contribution in [-0.4, -0.2) is 28.2 Å². The van der Waals surface area contributed by atoms with Gasteiger partial charge < -0.3 is 19.6 Å².